The van der Waals surface area contributed by atoms with E-state index < -0.39 is 29.0 Å². The summed E-state index contributed by atoms with van der Waals surface area (Å²) >= 11 is 0. The number of halogens is 4. The summed E-state index contributed by atoms with van der Waals surface area (Å²) in [6.45, 7) is 0.0916. The fourth-order valence-electron chi connectivity index (χ4n) is 1.82. The maximum absolute atomic E-state index is 13.0. The van der Waals surface area contributed by atoms with Gasteiger partial charge in [-0.1, -0.05) is 30.3 Å². The number of nitrogens with one attached hydrogen (secondary N) is 1. The summed E-state index contributed by atoms with van der Waals surface area (Å²) in [6.07, 6.45) is -4.79. The van der Waals surface area contributed by atoms with Gasteiger partial charge >= 0.3 is 6.18 Å². The van der Waals surface area contributed by atoms with E-state index >= 15 is 0 Å². The molecule has 0 saturated carbocycles. The highest BCUT2D eigenvalue weighted by Crippen LogP contribution is 2.32. The topological polar surface area (TPSA) is 29.1 Å². The monoisotopic (exact) mass is 297 g/mol. The molecule has 2 aromatic carbocycles. The number of carbonyl (C=O) groups excluding carboxylic acids is 1. The Morgan fingerprint density at radius 2 is 1.71 bits per heavy atom. The number of benzene rings is 2. The van der Waals surface area contributed by atoms with Gasteiger partial charge < -0.3 is 5.32 Å². The Balaban J connectivity index is 2.20. The minimum atomic E-state index is -4.79. The van der Waals surface area contributed by atoms with Crippen molar-refractivity contribution in [2.24, 2.45) is 0 Å². The van der Waals surface area contributed by atoms with Crippen LogP contribution in [0.5, 0.6) is 0 Å². The quantitative estimate of drug-likeness (QED) is 0.858. The predicted octanol–water partition coefficient (Wildman–Crippen LogP) is 3.77. The second kappa shape index (κ2) is 5.95. The van der Waals surface area contributed by atoms with Crippen molar-refractivity contribution in [3.05, 3.63) is 71.0 Å². The molecule has 0 fully saturated rings. The molecule has 0 radical (unpaired) electrons. The van der Waals surface area contributed by atoms with Gasteiger partial charge in [-0.3, -0.25) is 4.79 Å². The van der Waals surface area contributed by atoms with E-state index in [0.29, 0.717) is 6.07 Å². The zero-order chi connectivity index (χ0) is 15.5. The molecule has 0 heterocycles. The molecule has 0 aromatic heterocycles. The van der Waals surface area contributed by atoms with E-state index in [1.54, 1.807) is 30.3 Å². The Morgan fingerprint density at radius 3 is 2.33 bits per heavy atom. The van der Waals surface area contributed by atoms with Crippen LogP contribution < -0.4 is 5.32 Å². The van der Waals surface area contributed by atoms with Crippen molar-refractivity contribution < 1.29 is 22.4 Å². The van der Waals surface area contributed by atoms with Crippen molar-refractivity contribution in [3.63, 3.8) is 0 Å². The maximum Gasteiger partial charge on any atom is 0.417 e. The van der Waals surface area contributed by atoms with E-state index in [1.165, 1.54) is 0 Å². The summed E-state index contributed by atoms with van der Waals surface area (Å²) in [6, 6.07) is 10.7. The Morgan fingerprint density at radius 1 is 1.05 bits per heavy atom. The molecule has 110 valence electrons. The first-order chi connectivity index (χ1) is 9.88. The SMILES string of the molecule is O=C(NCc1ccccc1)c1ccc(F)cc1C(F)(F)F. The third kappa shape index (κ3) is 3.81. The highest BCUT2D eigenvalue weighted by molar-refractivity contribution is 5.95. The molecule has 0 aliphatic rings. The van der Waals surface area contributed by atoms with Gasteiger partial charge in [0, 0.05) is 6.54 Å². The third-order valence-electron chi connectivity index (χ3n) is 2.83. The van der Waals surface area contributed by atoms with Crippen molar-refractivity contribution in [2.45, 2.75) is 12.7 Å². The van der Waals surface area contributed by atoms with Gasteiger partial charge in [0.1, 0.15) is 5.82 Å². The highest BCUT2D eigenvalue weighted by atomic mass is 19.4. The number of hydrogen-bond donors (Lipinski definition) is 1. The first-order valence-corrected chi connectivity index (χ1v) is 6.07. The smallest absolute Gasteiger partial charge is 0.348 e. The number of hydrogen-bond acceptors (Lipinski definition) is 1. The standard InChI is InChI=1S/C15H11F4NO/c16-11-6-7-12(13(8-11)15(17,18)19)14(21)20-9-10-4-2-1-3-5-10/h1-8H,9H2,(H,20,21). The summed E-state index contributed by atoms with van der Waals surface area (Å²) in [5.41, 5.74) is -1.13. The summed E-state index contributed by atoms with van der Waals surface area (Å²) in [5, 5.41) is 2.39. The zero-order valence-corrected chi connectivity index (χ0v) is 10.7. The second-order valence-electron chi connectivity index (χ2n) is 4.36. The summed E-state index contributed by atoms with van der Waals surface area (Å²) < 4.78 is 51.4. The Hall–Kier alpha value is -2.37. The molecule has 0 atom stereocenters. The normalized spacial score (nSPS) is 11.2. The van der Waals surface area contributed by atoms with Crippen molar-refractivity contribution in [3.8, 4) is 0 Å². The zero-order valence-electron chi connectivity index (χ0n) is 10.7. The van der Waals surface area contributed by atoms with Crippen LogP contribution in [0.3, 0.4) is 0 Å². The molecule has 0 aliphatic carbocycles. The van der Waals surface area contributed by atoms with Crippen molar-refractivity contribution in [1.82, 2.24) is 5.32 Å². The minimum absolute atomic E-state index is 0.0916. The first-order valence-electron chi connectivity index (χ1n) is 6.07. The van der Waals surface area contributed by atoms with Crippen LogP contribution in [-0.4, -0.2) is 5.91 Å². The first kappa shape index (κ1) is 15.0. The number of amides is 1. The van der Waals surface area contributed by atoms with E-state index in [-0.39, 0.29) is 6.54 Å². The number of rotatable bonds is 3. The van der Waals surface area contributed by atoms with Gasteiger partial charge in [0.25, 0.3) is 5.91 Å². The Bertz CT molecular complexity index is 638. The van der Waals surface area contributed by atoms with Crippen LogP contribution in [0, 0.1) is 5.82 Å². The van der Waals surface area contributed by atoms with Crippen LogP contribution in [0.1, 0.15) is 21.5 Å². The average Bonchev–Trinajstić information content (AvgIpc) is 2.45. The second-order valence-corrected chi connectivity index (χ2v) is 4.36. The molecule has 2 rings (SSSR count). The lowest BCUT2D eigenvalue weighted by molar-refractivity contribution is -0.138. The van der Waals surface area contributed by atoms with Gasteiger partial charge in [0.05, 0.1) is 11.1 Å². The van der Waals surface area contributed by atoms with Gasteiger partial charge in [-0.05, 0) is 23.8 Å². The molecule has 2 nitrogen and oxygen atoms in total. The molecule has 0 saturated heterocycles. The lowest BCUT2D eigenvalue weighted by Gasteiger charge is -2.13. The van der Waals surface area contributed by atoms with Crippen LogP contribution in [0.2, 0.25) is 0 Å². The fraction of sp³-hybridized carbons (Fsp3) is 0.133. The van der Waals surface area contributed by atoms with Crippen molar-refractivity contribution in [2.75, 3.05) is 0 Å². The molecule has 0 bridgehead atoms. The van der Waals surface area contributed by atoms with Gasteiger partial charge in [0.2, 0.25) is 0 Å². The Labute approximate surface area is 118 Å². The Kier molecular flexibility index (Phi) is 4.26. The van der Waals surface area contributed by atoms with Crippen LogP contribution in [0.15, 0.2) is 48.5 Å². The molecular weight excluding hydrogens is 286 g/mol. The largest absolute Gasteiger partial charge is 0.417 e. The van der Waals surface area contributed by atoms with E-state index in [9.17, 15) is 22.4 Å². The maximum atomic E-state index is 13.0. The fourth-order valence-corrected chi connectivity index (χ4v) is 1.82. The third-order valence-corrected chi connectivity index (χ3v) is 2.83. The average molecular weight is 297 g/mol. The van der Waals surface area contributed by atoms with Gasteiger partial charge in [-0.25, -0.2) is 4.39 Å². The molecule has 1 amide bonds. The van der Waals surface area contributed by atoms with E-state index in [0.717, 1.165) is 17.7 Å². The molecule has 0 aliphatic heterocycles. The minimum Gasteiger partial charge on any atom is -0.348 e. The predicted molar refractivity (Wildman–Crippen MR) is 69.0 cm³/mol. The van der Waals surface area contributed by atoms with Crippen molar-refractivity contribution in [1.29, 1.82) is 0 Å². The molecule has 0 unspecified atom stereocenters. The summed E-state index contributed by atoms with van der Waals surface area (Å²) in [5.74, 6) is -1.94. The molecule has 21 heavy (non-hydrogen) atoms. The van der Waals surface area contributed by atoms with Crippen LogP contribution in [0.25, 0.3) is 0 Å². The lowest BCUT2D eigenvalue weighted by atomic mass is 10.1. The van der Waals surface area contributed by atoms with Gasteiger partial charge in [-0.2, -0.15) is 13.2 Å². The molecular formula is C15H11F4NO. The van der Waals surface area contributed by atoms with Crippen LogP contribution in [-0.2, 0) is 12.7 Å². The van der Waals surface area contributed by atoms with E-state index in [2.05, 4.69) is 5.32 Å². The van der Waals surface area contributed by atoms with E-state index in [4.69, 9.17) is 0 Å². The molecule has 0 spiro atoms. The van der Waals surface area contributed by atoms with Gasteiger partial charge in [0.15, 0.2) is 0 Å². The van der Waals surface area contributed by atoms with Crippen molar-refractivity contribution >= 4 is 5.91 Å². The highest BCUT2D eigenvalue weighted by Gasteiger charge is 2.35. The lowest BCUT2D eigenvalue weighted by Crippen LogP contribution is -2.26. The number of carbonyl (C=O) groups is 1. The molecule has 6 heteroatoms. The van der Waals surface area contributed by atoms with Gasteiger partial charge in [-0.15, -0.1) is 0 Å². The molecule has 2 aromatic rings. The van der Waals surface area contributed by atoms with Crippen LogP contribution >= 0.6 is 0 Å². The van der Waals surface area contributed by atoms with E-state index in [1.807, 2.05) is 0 Å². The summed E-state index contributed by atoms with van der Waals surface area (Å²) in [4.78, 5) is 11.9. The summed E-state index contributed by atoms with van der Waals surface area (Å²) in [7, 11) is 0. The molecule has 1 N–H and O–H groups in total. The van der Waals surface area contributed by atoms with Crippen LogP contribution in [0.4, 0.5) is 17.6 Å². The number of alkyl halides is 3.